The van der Waals surface area contributed by atoms with E-state index in [2.05, 4.69) is 4.74 Å². The van der Waals surface area contributed by atoms with Crippen LogP contribution >= 0.6 is 11.3 Å². The summed E-state index contributed by atoms with van der Waals surface area (Å²) in [4.78, 5) is 11.6. The van der Waals surface area contributed by atoms with Crippen molar-refractivity contribution in [2.45, 2.75) is 4.90 Å². The first-order valence-electron chi connectivity index (χ1n) is 6.84. The highest BCUT2D eigenvalue weighted by Crippen LogP contribution is 2.38. The number of esters is 1. The molecule has 1 aliphatic rings. The molecule has 0 spiro atoms. The van der Waals surface area contributed by atoms with Gasteiger partial charge in [0.15, 0.2) is 0 Å². The van der Waals surface area contributed by atoms with Gasteiger partial charge in [0.1, 0.15) is 15.6 Å². The zero-order chi connectivity index (χ0) is 16.6. The molecule has 0 atom stereocenters. The van der Waals surface area contributed by atoms with Crippen molar-refractivity contribution in [1.82, 2.24) is 4.31 Å². The summed E-state index contributed by atoms with van der Waals surface area (Å²) in [6.45, 7) is 0.845. The third kappa shape index (κ3) is 2.74. The van der Waals surface area contributed by atoms with Crippen LogP contribution in [0.5, 0.6) is 0 Å². The second-order valence-corrected chi connectivity index (χ2v) is 7.81. The normalized spacial score (nSPS) is 16.6. The van der Waals surface area contributed by atoms with Gasteiger partial charge in [-0.05, 0) is 12.1 Å². The van der Waals surface area contributed by atoms with E-state index in [-0.39, 0.29) is 41.5 Å². The van der Waals surface area contributed by atoms with Crippen LogP contribution in [0.4, 0.5) is 4.39 Å². The van der Waals surface area contributed by atoms with Gasteiger partial charge in [0, 0.05) is 23.2 Å². The number of carbonyl (C=O) groups is 1. The number of ether oxygens (including phenoxy) is 2. The Morgan fingerprint density at radius 2 is 2.04 bits per heavy atom. The Morgan fingerprint density at radius 1 is 1.35 bits per heavy atom. The molecule has 0 radical (unpaired) electrons. The van der Waals surface area contributed by atoms with Crippen LogP contribution in [0.3, 0.4) is 0 Å². The number of thiophene rings is 1. The lowest BCUT2D eigenvalue weighted by atomic mass is 10.2. The molecule has 1 fully saturated rings. The Balaban J connectivity index is 2.27. The molecule has 1 aromatic carbocycles. The predicted octanol–water partition coefficient (Wildman–Crippen LogP) is 1.85. The van der Waals surface area contributed by atoms with Crippen LogP contribution in [-0.4, -0.2) is 52.1 Å². The Morgan fingerprint density at radius 3 is 2.70 bits per heavy atom. The highest BCUT2D eigenvalue weighted by molar-refractivity contribution is 7.89. The van der Waals surface area contributed by atoms with Gasteiger partial charge in [-0.25, -0.2) is 17.6 Å². The van der Waals surface area contributed by atoms with E-state index in [1.54, 1.807) is 6.07 Å². The molecule has 23 heavy (non-hydrogen) atoms. The standard InChI is InChI=1S/C14H14FNO5S2/c1-20-14(17)12-13(11-9(15)3-2-4-10(11)22-12)23(18,19)16-5-7-21-8-6-16/h2-4H,5-8H2,1H3. The maximum atomic E-state index is 14.3. The van der Waals surface area contributed by atoms with Crippen LogP contribution in [-0.2, 0) is 19.5 Å². The van der Waals surface area contributed by atoms with Gasteiger partial charge in [0.2, 0.25) is 10.0 Å². The zero-order valence-corrected chi connectivity index (χ0v) is 13.9. The first kappa shape index (κ1) is 16.3. The van der Waals surface area contributed by atoms with Crippen molar-refractivity contribution < 1.29 is 27.1 Å². The summed E-state index contributed by atoms with van der Waals surface area (Å²) in [7, 11) is -2.87. The van der Waals surface area contributed by atoms with Crippen molar-refractivity contribution in [2.75, 3.05) is 33.4 Å². The van der Waals surface area contributed by atoms with Crippen LogP contribution in [0, 0.1) is 5.82 Å². The number of methoxy groups -OCH3 is 1. The number of nitrogens with zero attached hydrogens (tertiary/aromatic N) is 1. The summed E-state index contributed by atoms with van der Waals surface area (Å²) in [5.74, 6) is -1.47. The highest BCUT2D eigenvalue weighted by atomic mass is 32.2. The molecule has 2 aromatic rings. The third-order valence-corrected chi connectivity index (χ3v) is 6.79. The van der Waals surface area contributed by atoms with E-state index in [1.807, 2.05) is 0 Å². The Kier molecular flexibility index (Phi) is 4.37. The zero-order valence-electron chi connectivity index (χ0n) is 12.2. The number of halogens is 1. The van der Waals surface area contributed by atoms with Crippen molar-refractivity contribution >= 4 is 37.4 Å². The number of rotatable bonds is 3. The average Bonchev–Trinajstić information content (AvgIpc) is 2.96. The highest BCUT2D eigenvalue weighted by Gasteiger charge is 2.35. The largest absolute Gasteiger partial charge is 0.465 e. The molecule has 0 aliphatic carbocycles. The molecule has 1 aromatic heterocycles. The molecule has 0 saturated carbocycles. The lowest BCUT2D eigenvalue weighted by Crippen LogP contribution is -2.41. The first-order valence-corrected chi connectivity index (χ1v) is 9.09. The van der Waals surface area contributed by atoms with Crippen LogP contribution in [0.2, 0.25) is 0 Å². The van der Waals surface area contributed by atoms with Crippen LogP contribution in [0.1, 0.15) is 9.67 Å². The number of hydrogen-bond acceptors (Lipinski definition) is 6. The van der Waals surface area contributed by atoms with E-state index >= 15 is 0 Å². The number of morpholine rings is 1. The monoisotopic (exact) mass is 359 g/mol. The van der Waals surface area contributed by atoms with Crippen molar-refractivity contribution in [3.8, 4) is 0 Å². The van der Waals surface area contributed by atoms with E-state index in [9.17, 15) is 17.6 Å². The first-order chi connectivity index (χ1) is 11.0. The van der Waals surface area contributed by atoms with Gasteiger partial charge in [0.25, 0.3) is 0 Å². The molecule has 9 heteroatoms. The maximum Gasteiger partial charge on any atom is 0.349 e. The second-order valence-electron chi connectivity index (χ2n) is 4.88. The number of carbonyl (C=O) groups excluding carboxylic acids is 1. The van der Waals surface area contributed by atoms with Crippen LogP contribution < -0.4 is 0 Å². The van der Waals surface area contributed by atoms with Gasteiger partial charge >= 0.3 is 5.97 Å². The Hall–Kier alpha value is -1.55. The quantitative estimate of drug-likeness (QED) is 0.782. The van der Waals surface area contributed by atoms with Crippen molar-refractivity contribution in [3.05, 3.63) is 28.9 Å². The predicted molar refractivity (Wildman–Crippen MR) is 82.7 cm³/mol. The van der Waals surface area contributed by atoms with E-state index in [0.29, 0.717) is 4.70 Å². The van der Waals surface area contributed by atoms with Gasteiger partial charge in [-0.15, -0.1) is 11.3 Å². The maximum absolute atomic E-state index is 14.3. The fourth-order valence-electron chi connectivity index (χ4n) is 2.47. The molecule has 2 heterocycles. The summed E-state index contributed by atoms with van der Waals surface area (Å²) in [6.07, 6.45) is 0. The topological polar surface area (TPSA) is 72.9 Å². The minimum Gasteiger partial charge on any atom is -0.465 e. The molecule has 0 amide bonds. The minimum absolute atomic E-state index is 0.0654. The third-order valence-electron chi connectivity index (χ3n) is 3.56. The van der Waals surface area contributed by atoms with Crippen molar-refractivity contribution in [3.63, 3.8) is 0 Å². The smallest absolute Gasteiger partial charge is 0.349 e. The summed E-state index contributed by atoms with van der Waals surface area (Å²) in [5.41, 5.74) is 0. The van der Waals surface area contributed by atoms with E-state index in [0.717, 1.165) is 18.4 Å². The Labute approximate surface area is 136 Å². The average molecular weight is 359 g/mol. The number of hydrogen-bond donors (Lipinski definition) is 0. The summed E-state index contributed by atoms with van der Waals surface area (Å²) >= 11 is 0.910. The van der Waals surface area contributed by atoms with Gasteiger partial charge in [-0.3, -0.25) is 0 Å². The Bertz CT molecular complexity index is 855. The summed E-state index contributed by atoms with van der Waals surface area (Å²) in [6, 6.07) is 4.22. The molecule has 0 N–H and O–H groups in total. The van der Waals surface area contributed by atoms with Crippen LogP contribution in [0.25, 0.3) is 10.1 Å². The SMILES string of the molecule is COC(=O)c1sc2cccc(F)c2c1S(=O)(=O)N1CCOCC1. The summed E-state index contributed by atoms with van der Waals surface area (Å²) in [5, 5.41) is -0.0654. The van der Waals surface area contributed by atoms with Crippen LogP contribution in [0.15, 0.2) is 23.1 Å². The second kappa shape index (κ2) is 6.16. The van der Waals surface area contributed by atoms with Gasteiger partial charge in [-0.1, -0.05) is 6.07 Å². The minimum atomic E-state index is -4.03. The molecule has 1 aliphatic heterocycles. The number of fused-ring (bicyclic) bond motifs is 1. The molecule has 0 bridgehead atoms. The van der Waals surface area contributed by atoms with Gasteiger partial charge in [-0.2, -0.15) is 4.31 Å². The van der Waals surface area contributed by atoms with Crippen molar-refractivity contribution in [1.29, 1.82) is 0 Å². The van der Waals surface area contributed by atoms with E-state index < -0.39 is 21.8 Å². The van der Waals surface area contributed by atoms with E-state index in [1.165, 1.54) is 16.4 Å². The van der Waals surface area contributed by atoms with E-state index in [4.69, 9.17) is 4.74 Å². The molecule has 0 unspecified atom stereocenters. The fraction of sp³-hybridized carbons (Fsp3) is 0.357. The fourth-order valence-corrected chi connectivity index (χ4v) is 5.67. The van der Waals surface area contributed by atoms with Gasteiger partial charge < -0.3 is 9.47 Å². The molecule has 6 nitrogen and oxygen atoms in total. The molecular weight excluding hydrogens is 345 g/mol. The molecule has 3 rings (SSSR count). The summed E-state index contributed by atoms with van der Waals surface area (Å²) < 4.78 is 51.6. The molecular formula is C14H14FNO5S2. The lowest BCUT2D eigenvalue weighted by molar-refractivity contribution is 0.0601. The van der Waals surface area contributed by atoms with Gasteiger partial charge in [0.05, 0.1) is 20.3 Å². The lowest BCUT2D eigenvalue weighted by Gasteiger charge is -2.26. The van der Waals surface area contributed by atoms with Crippen molar-refractivity contribution in [2.24, 2.45) is 0 Å². The molecule has 1 saturated heterocycles. The molecule has 124 valence electrons. The number of sulfonamides is 1. The number of benzene rings is 1.